The number of piperidine rings is 1. The third kappa shape index (κ3) is 3.21. The molecule has 1 amide bonds. The predicted molar refractivity (Wildman–Crippen MR) is 93.8 cm³/mol. The van der Waals surface area contributed by atoms with Crippen molar-refractivity contribution >= 4 is 17.2 Å². The van der Waals surface area contributed by atoms with Crippen LogP contribution in [-0.2, 0) is 6.54 Å². The summed E-state index contributed by atoms with van der Waals surface area (Å²) in [5.74, 6) is 0.148. The molecule has 2 aromatic rings. The Bertz CT molecular complexity index is 690. The standard InChI is InChI=1S/C18H22N4OS/c23-17(15-2-6-19-7-3-15)22-9-1-4-18(14-22)5-10-21(13-18)12-16-20-8-11-24-16/h2-3,6-8,11H,1,4-5,9-10,12-14H2/t18-/m0/s1. The molecule has 2 fully saturated rings. The van der Waals surface area contributed by atoms with E-state index in [4.69, 9.17) is 0 Å². The number of aromatic nitrogens is 2. The average Bonchev–Trinajstić information content (AvgIpc) is 3.26. The molecule has 0 saturated carbocycles. The van der Waals surface area contributed by atoms with Crippen molar-refractivity contribution in [3.63, 3.8) is 0 Å². The Balaban J connectivity index is 1.42. The summed E-state index contributed by atoms with van der Waals surface area (Å²) in [5.41, 5.74) is 1.01. The first-order valence-electron chi connectivity index (χ1n) is 8.54. The number of carbonyl (C=O) groups is 1. The van der Waals surface area contributed by atoms with Crippen LogP contribution in [0.15, 0.2) is 36.1 Å². The summed E-state index contributed by atoms with van der Waals surface area (Å²) in [6, 6.07) is 3.63. The van der Waals surface area contributed by atoms with Crippen LogP contribution >= 0.6 is 11.3 Å². The number of hydrogen-bond acceptors (Lipinski definition) is 5. The van der Waals surface area contributed by atoms with Gasteiger partial charge in [0.2, 0.25) is 0 Å². The second-order valence-electron chi connectivity index (χ2n) is 6.95. The van der Waals surface area contributed by atoms with Gasteiger partial charge in [-0.2, -0.15) is 0 Å². The van der Waals surface area contributed by atoms with Crippen LogP contribution < -0.4 is 0 Å². The van der Waals surface area contributed by atoms with Crippen LogP contribution in [0.4, 0.5) is 0 Å². The Kier molecular flexibility index (Phi) is 4.33. The lowest BCUT2D eigenvalue weighted by Gasteiger charge is -2.40. The molecular formula is C18H22N4OS. The maximum Gasteiger partial charge on any atom is 0.253 e. The Morgan fingerprint density at radius 1 is 1.17 bits per heavy atom. The van der Waals surface area contributed by atoms with Crippen molar-refractivity contribution in [3.8, 4) is 0 Å². The maximum atomic E-state index is 12.8. The van der Waals surface area contributed by atoms with E-state index >= 15 is 0 Å². The van der Waals surface area contributed by atoms with Gasteiger partial charge in [-0.25, -0.2) is 4.98 Å². The molecule has 0 bridgehead atoms. The smallest absolute Gasteiger partial charge is 0.253 e. The highest BCUT2D eigenvalue weighted by molar-refractivity contribution is 7.09. The molecule has 6 heteroatoms. The van der Waals surface area contributed by atoms with Crippen LogP contribution in [-0.4, -0.2) is 51.9 Å². The van der Waals surface area contributed by atoms with E-state index in [1.807, 2.05) is 28.6 Å². The topological polar surface area (TPSA) is 49.3 Å². The molecule has 1 spiro atoms. The van der Waals surface area contributed by atoms with Crippen LogP contribution in [0, 0.1) is 5.41 Å². The summed E-state index contributed by atoms with van der Waals surface area (Å²) < 4.78 is 0. The first kappa shape index (κ1) is 15.7. The van der Waals surface area contributed by atoms with Crippen molar-refractivity contribution in [2.45, 2.75) is 25.8 Å². The Morgan fingerprint density at radius 3 is 2.83 bits per heavy atom. The monoisotopic (exact) mass is 342 g/mol. The minimum atomic E-state index is 0.148. The molecule has 0 radical (unpaired) electrons. The maximum absolute atomic E-state index is 12.8. The lowest BCUT2D eigenvalue weighted by Crippen LogP contribution is -2.47. The molecular weight excluding hydrogens is 320 g/mol. The fraction of sp³-hybridized carbons (Fsp3) is 0.500. The number of pyridine rings is 1. The molecule has 4 heterocycles. The third-order valence-corrected chi connectivity index (χ3v) is 6.00. The summed E-state index contributed by atoms with van der Waals surface area (Å²) in [5, 5.41) is 3.23. The Labute approximate surface area is 146 Å². The largest absolute Gasteiger partial charge is 0.338 e. The average molecular weight is 342 g/mol. The van der Waals surface area contributed by atoms with Gasteiger partial charge in [0.1, 0.15) is 5.01 Å². The zero-order chi connectivity index (χ0) is 16.4. The van der Waals surface area contributed by atoms with Crippen molar-refractivity contribution in [3.05, 3.63) is 46.7 Å². The molecule has 4 rings (SSSR count). The predicted octanol–water partition coefficient (Wildman–Crippen LogP) is 2.67. The Morgan fingerprint density at radius 2 is 2.04 bits per heavy atom. The summed E-state index contributed by atoms with van der Waals surface area (Å²) in [6.07, 6.45) is 8.76. The summed E-state index contributed by atoms with van der Waals surface area (Å²) in [4.78, 5) is 25.7. The fourth-order valence-corrected chi connectivity index (χ4v) is 4.73. The summed E-state index contributed by atoms with van der Waals surface area (Å²) in [6.45, 7) is 4.87. The van der Waals surface area contributed by atoms with E-state index in [1.165, 1.54) is 17.8 Å². The van der Waals surface area contributed by atoms with E-state index in [1.54, 1.807) is 23.7 Å². The van der Waals surface area contributed by atoms with Crippen molar-refractivity contribution < 1.29 is 4.79 Å². The highest BCUT2D eigenvalue weighted by Gasteiger charge is 2.42. The highest BCUT2D eigenvalue weighted by Crippen LogP contribution is 2.39. The minimum absolute atomic E-state index is 0.148. The lowest BCUT2D eigenvalue weighted by atomic mass is 9.79. The van der Waals surface area contributed by atoms with Crippen LogP contribution in [0.3, 0.4) is 0 Å². The lowest BCUT2D eigenvalue weighted by molar-refractivity contribution is 0.0526. The number of thiazole rings is 1. The molecule has 2 saturated heterocycles. The van der Waals surface area contributed by atoms with Gasteiger partial charge >= 0.3 is 0 Å². The van der Waals surface area contributed by atoms with E-state index in [0.29, 0.717) is 0 Å². The molecule has 0 aromatic carbocycles. The van der Waals surface area contributed by atoms with Gasteiger partial charge in [-0.05, 0) is 37.9 Å². The number of amides is 1. The van der Waals surface area contributed by atoms with Gasteiger partial charge in [0, 0.05) is 54.6 Å². The first-order valence-corrected chi connectivity index (χ1v) is 9.42. The minimum Gasteiger partial charge on any atom is -0.338 e. The van der Waals surface area contributed by atoms with Gasteiger partial charge in [0.05, 0.1) is 6.54 Å². The number of carbonyl (C=O) groups excluding carboxylic acids is 1. The van der Waals surface area contributed by atoms with Crippen LogP contribution in [0.5, 0.6) is 0 Å². The molecule has 1 atom stereocenters. The second kappa shape index (κ2) is 6.61. The first-order chi connectivity index (χ1) is 11.7. The molecule has 5 nitrogen and oxygen atoms in total. The van der Waals surface area contributed by atoms with Gasteiger partial charge in [0.25, 0.3) is 5.91 Å². The Hall–Kier alpha value is -1.79. The van der Waals surface area contributed by atoms with Crippen molar-refractivity contribution in [1.82, 2.24) is 19.8 Å². The van der Waals surface area contributed by atoms with Crippen LogP contribution in [0.25, 0.3) is 0 Å². The van der Waals surface area contributed by atoms with Crippen molar-refractivity contribution in [2.24, 2.45) is 5.41 Å². The number of nitrogens with zero attached hydrogens (tertiary/aromatic N) is 4. The van der Waals surface area contributed by atoms with Crippen LogP contribution in [0.1, 0.15) is 34.6 Å². The zero-order valence-corrected chi connectivity index (χ0v) is 14.5. The molecule has 0 N–H and O–H groups in total. The molecule has 2 aliphatic heterocycles. The van der Waals surface area contributed by atoms with Crippen molar-refractivity contribution in [1.29, 1.82) is 0 Å². The summed E-state index contributed by atoms with van der Waals surface area (Å²) >= 11 is 1.72. The molecule has 0 aliphatic carbocycles. The van der Waals surface area contributed by atoms with E-state index in [2.05, 4.69) is 14.9 Å². The quantitative estimate of drug-likeness (QED) is 0.860. The van der Waals surface area contributed by atoms with E-state index in [0.717, 1.165) is 44.7 Å². The van der Waals surface area contributed by atoms with Gasteiger partial charge in [-0.15, -0.1) is 11.3 Å². The van der Waals surface area contributed by atoms with Gasteiger partial charge in [0.15, 0.2) is 0 Å². The SMILES string of the molecule is O=C(c1ccncc1)N1CCC[C@@]2(CCN(Cc3nccs3)C2)C1. The molecule has 2 aliphatic rings. The summed E-state index contributed by atoms with van der Waals surface area (Å²) in [7, 11) is 0. The van der Waals surface area contributed by atoms with E-state index in [9.17, 15) is 4.79 Å². The second-order valence-corrected chi connectivity index (χ2v) is 7.93. The number of rotatable bonds is 3. The molecule has 126 valence electrons. The number of likely N-dealkylation sites (tertiary alicyclic amines) is 2. The zero-order valence-electron chi connectivity index (χ0n) is 13.7. The fourth-order valence-electron chi connectivity index (χ4n) is 4.08. The highest BCUT2D eigenvalue weighted by atomic mass is 32.1. The van der Waals surface area contributed by atoms with Gasteiger partial charge < -0.3 is 4.90 Å². The van der Waals surface area contributed by atoms with Crippen LogP contribution in [0.2, 0.25) is 0 Å². The third-order valence-electron chi connectivity index (χ3n) is 5.24. The molecule has 2 aromatic heterocycles. The van der Waals surface area contributed by atoms with Gasteiger partial charge in [-0.3, -0.25) is 14.7 Å². The molecule has 24 heavy (non-hydrogen) atoms. The van der Waals surface area contributed by atoms with Gasteiger partial charge in [-0.1, -0.05) is 0 Å². The van der Waals surface area contributed by atoms with E-state index < -0.39 is 0 Å². The molecule has 0 unspecified atom stereocenters. The van der Waals surface area contributed by atoms with Crippen molar-refractivity contribution in [2.75, 3.05) is 26.2 Å². The van der Waals surface area contributed by atoms with E-state index in [-0.39, 0.29) is 11.3 Å². The number of hydrogen-bond donors (Lipinski definition) is 0. The normalized spacial score (nSPS) is 24.6.